The molecule has 0 fully saturated rings. The van der Waals surface area contributed by atoms with Crippen molar-refractivity contribution < 1.29 is 24.2 Å². The zero-order chi connectivity index (χ0) is 24.0. The Kier molecular flexibility index (Phi) is 18.0. The van der Waals surface area contributed by atoms with Gasteiger partial charge in [0.15, 0.2) is 0 Å². The van der Waals surface area contributed by atoms with Crippen LogP contribution in [0.15, 0.2) is 79.4 Å². The molecular formula is C27H36O5. The van der Waals surface area contributed by atoms with Gasteiger partial charge < -0.3 is 14.6 Å². The molecule has 1 aliphatic heterocycles. The Morgan fingerprint density at radius 2 is 1.47 bits per heavy atom. The first-order valence-corrected chi connectivity index (χ1v) is 10.8. The molecule has 1 heterocycles. The fourth-order valence-corrected chi connectivity index (χ4v) is 2.14. The molecular weight excluding hydrogens is 404 g/mol. The molecule has 32 heavy (non-hydrogen) atoms. The van der Waals surface area contributed by atoms with Gasteiger partial charge >= 0.3 is 11.9 Å². The number of esters is 2. The number of benzene rings is 2. The van der Waals surface area contributed by atoms with Crippen molar-refractivity contribution in [1.82, 2.24) is 0 Å². The van der Waals surface area contributed by atoms with E-state index in [0.29, 0.717) is 12.5 Å². The SMILES string of the molecule is C=Cc1ccccc1.CC(C)c1ccccc1.CCCCOCCO.O=C1C=CC(=O)O1. The lowest BCUT2D eigenvalue weighted by Crippen LogP contribution is -1.99. The Morgan fingerprint density at radius 3 is 1.78 bits per heavy atom. The number of ether oxygens (including phenoxy) is 2. The third-order valence-electron chi connectivity index (χ3n) is 3.94. The van der Waals surface area contributed by atoms with Gasteiger partial charge in [-0.05, 0) is 23.5 Å². The summed E-state index contributed by atoms with van der Waals surface area (Å²) in [5.74, 6) is -0.499. The first-order valence-electron chi connectivity index (χ1n) is 10.8. The minimum atomic E-state index is -0.579. The van der Waals surface area contributed by atoms with E-state index in [4.69, 9.17) is 9.84 Å². The van der Waals surface area contributed by atoms with Gasteiger partial charge in [-0.3, -0.25) is 0 Å². The summed E-state index contributed by atoms with van der Waals surface area (Å²) in [6.07, 6.45) is 6.26. The van der Waals surface area contributed by atoms with Gasteiger partial charge in [-0.2, -0.15) is 0 Å². The highest BCUT2D eigenvalue weighted by Crippen LogP contribution is 2.11. The summed E-state index contributed by atoms with van der Waals surface area (Å²) in [6, 6.07) is 20.5. The van der Waals surface area contributed by atoms with E-state index < -0.39 is 11.9 Å². The zero-order valence-electron chi connectivity index (χ0n) is 19.4. The van der Waals surface area contributed by atoms with E-state index in [1.165, 1.54) is 11.1 Å². The smallest absolute Gasteiger partial charge is 0.338 e. The van der Waals surface area contributed by atoms with E-state index in [9.17, 15) is 9.59 Å². The van der Waals surface area contributed by atoms with Crippen molar-refractivity contribution in [3.8, 4) is 0 Å². The molecule has 2 aromatic rings. The predicted octanol–water partition coefficient (Wildman–Crippen LogP) is 5.56. The van der Waals surface area contributed by atoms with Crippen LogP contribution in [0.3, 0.4) is 0 Å². The van der Waals surface area contributed by atoms with Crippen molar-refractivity contribution in [3.05, 3.63) is 90.5 Å². The first-order chi connectivity index (χ1) is 15.4. The highest BCUT2D eigenvalue weighted by molar-refractivity contribution is 6.04. The average Bonchev–Trinajstić information content (AvgIpc) is 3.21. The molecule has 5 heteroatoms. The molecule has 0 unspecified atom stereocenters. The third kappa shape index (κ3) is 16.7. The van der Waals surface area contributed by atoms with E-state index in [0.717, 1.165) is 31.6 Å². The van der Waals surface area contributed by atoms with Crippen molar-refractivity contribution in [2.75, 3.05) is 19.8 Å². The molecule has 0 amide bonds. The minimum Gasteiger partial charge on any atom is -0.394 e. The van der Waals surface area contributed by atoms with Gasteiger partial charge in [0.25, 0.3) is 0 Å². The van der Waals surface area contributed by atoms with Crippen LogP contribution in [0, 0.1) is 0 Å². The quantitative estimate of drug-likeness (QED) is 0.347. The Hall–Kier alpha value is -3.02. The molecule has 5 nitrogen and oxygen atoms in total. The van der Waals surface area contributed by atoms with Crippen LogP contribution in [-0.4, -0.2) is 36.9 Å². The number of rotatable bonds is 7. The van der Waals surface area contributed by atoms with Crippen LogP contribution < -0.4 is 0 Å². The van der Waals surface area contributed by atoms with Gasteiger partial charge in [0.05, 0.1) is 13.2 Å². The average molecular weight is 441 g/mol. The molecule has 0 saturated carbocycles. The third-order valence-corrected chi connectivity index (χ3v) is 3.94. The van der Waals surface area contributed by atoms with E-state index in [1.54, 1.807) is 0 Å². The van der Waals surface area contributed by atoms with Crippen molar-refractivity contribution in [1.29, 1.82) is 0 Å². The number of carbonyl (C=O) groups excluding carboxylic acids is 2. The monoisotopic (exact) mass is 440 g/mol. The van der Waals surface area contributed by atoms with Gasteiger partial charge in [-0.25, -0.2) is 9.59 Å². The van der Waals surface area contributed by atoms with E-state index in [2.05, 4.69) is 56.4 Å². The molecule has 0 radical (unpaired) electrons. The van der Waals surface area contributed by atoms with Crippen LogP contribution in [0.25, 0.3) is 6.08 Å². The summed E-state index contributed by atoms with van der Waals surface area (Å²) in [6.45, 7) is 11.6. The van der Waals surface area contributed by atoms with Crippen LogP contribution in [0.1, 0.15) is 50.7 Å². The highest BCUT2D eigenvalue weighted by Gasteiger charge is 2.10. The molecule has 0 atom stereocenters. The van der Waals surface area contributed by atoms with Gasteiger partial charge in [0.1, 0.15) is 0 Å². The van der Waals surface area contributed by atoms with Crippen molar-refractivity contribution in [2.24, 2.45) is 0 Å². The maximum absolute atomic E-state index is 9.92. The topological polar surface area (TPSA) is 72.8 Å². The van der Waals surface area contributed by atoms with Crippen LogP contribution in [0.2, 0.25) is 0 Å². The van der Waals surface area contributed by atoms with E-state index in [1.807, 2.05) is 42.5 Å². The summed E-state index contributed by atoms with van der Waals surface area (Å²) < 4.78 is 8.95. The van der Waals surface area contributed by atoms with Gasteiger partial charge in [-0.15, -0.1) is 0 Å². The van der Waals surface area contributed by atoms with Crippen LogP contribution >= 0.6 is 0 Å². The first kappa shape index (κ1) is 29.0. The fraction of sp³-hybridized carbons (Fsp3) is 0.333. The molecule has 174 valence electrons. The van der Waals surface area contributed by atoms with Gasteiger partial charge in [0, 0.05) is 18.8 Å². The molecule has 1 N–H and O–H groups in total. The van der Waals surface area contributed by atoms with Crippen LogP contribution in [0.5, 0.6) is 0 Å². The Morgan fingerprint density at radius 1 is 0.938 bits per heavy atom. The molecule has 0 aromatic heterocycles. The van der Waals surface area contributed by atoms with Gasteiger partial charge in [-0.1, -0.05) is 101 Å². The number of carbonyl (C=O) groups is 2. The van der Waals surface area contributed by atoms with Crippen molar-refractivity contribution in [3.63, 3.8) is 0 Å². The normalized spacial score (nSPS) is 11.3. The lowest BCUT2D eigenvalue weighted by molar-refractivity contribution is -0.150. The summed E-state index contributed by atoms with van der Waals surface area (Å²) in [7, 11) is 0. The second-order valence-corrected chi connectivity index (χ2v) is 6.94. The van der Waals surface area contributed by atoms with E-state index in [-0.39, 0.29) is 6.61 Å². The van der Waals surface area contributed by atoms with Crippen LogP contribution in [-0.2, 0) is 19.1 Å². The summed E-state index contributed by atoms with van der Waals surface area (Å²) in [4.78, 5) is 19.8. The lowest BCUT2D eigenvalue weighted by atomic mass is 10.0. The number of hydrogen-bond acceptors (Lipinski definition) is 5. The maximum atomic E-state index is 9.92. The number of aliphatic hydroxyl groups is 1. The zero-order valence-corrected chi connectivity index (χ0v) is 19.4. The molecule has 0 bridgehead atoms. The largest absolute Gasteiger partial charge is 0.394 e. The molecule has 3 rings (SSSR count). The Labute approximate surface area is 192 Å². The second kappa shape index (κ2) is 19.9. The predicted molar refractivity (Wildman–Crippen MR) is 130 cm³/mol. The van der Waals surface area contributed by atoms with Gasteiger partial charge in [0.2, 0.25) is 0 Å². The summed E-state index contributed by atoms with van der Waals surface area (Å²) in [5.41, 5.74) is 2.59. The van der Waals surface area contributed by atoms with Crippen molar-refractivity contribution >= 4 is 18.0 Å². The number of aliphatic hydroxyl groups excluding tert-OH is 1. The highest BCUT2D eigenvalue weighted by atomic mass is 16.6. The van der Waals surface area contributed by atoms with Crippen molar-refractivity contribution in [2.45, 2.75) is 39.5 Å². The molecule has 0 saturated heterocycles. The number of cyclic esters (lactones) is 2. The molecule has 0 spiro atoms. The number of hydrogen-bond donors (Lipinski definition) is 1. The molecule has 1 aliphatic rings. The standard InChI is InChI=1S/C9H12.C8H8.C6H14O2.C4H2O3/c1-8(2)9-6-4-3-5-7-9;1-2-8-6-4-3-5-7-8;1-2-3-5-8-6-4-7;5-3-1-2-4(6)7-3/h3-8H,1-2H3;2-7H,1H2;7H,2-6H2,1H3;1-2H. The summed E-state index contributed by atoms with van der Waals surface area (Å²) in [5, 5.41) is 8.24. The Balaban J connectivity index is 0.000000402. The second-order valence-electron chi connectivity index (χ2n) is 6.94. The molecule has 2 aromatic carbocycles. The Bertz CT molecular complexity index is 745. The maximum Gasteiger partial charge on any atom is 0.338 e. The fourth-order valence-electron chi connectivity index (χ4n) is 2.14. The summed E-state index contributed by atoms with van der Waals surface area (Å²) >= 11 is 0. The number of unbranched alkanes of at least 4 members (excludes halogenated alkanes) is 1. The minimum absolute atomic E-state index is 0.143. The van der Waals surface area contributed by atoms with Crippen LogP contribution in [0.4, 0.5) is 0 Å². The van der Waals surface area contributed by atoms with E-state index >= 15 is 0 Å². The molecule has 0 aliphatic carbocycles. The lowest BCUT2D eigenvalue weighted by Gasteiger charge is -2.01.